The summed E-state index contributed by atoms with van der Waals surface area (Å²) < 4.78 is 10.4. The molecule has 5 aromatic rings. The van der Waals surface area contributed by atoms with Crippen molar-refractivity contribution in [3.05, 3.63) is 83.4 Å². The standard InChI is InChI=1S/C37H41N5O2/c1-5-37(22-38)23-42(24(37)2)36(43)29-18-30-34(33(20-29)44-4)40(3)35(39-30)32-19-28-16-15-26(12-11-25-9-7-6-8-10-25)17-31(28)41(32)21-27-13-14-27/h6-12,15-20,24,27H,5,13-14,21-23,38H2,1-4H3/b12-11+/t24?,37-/m1/s1. The second-order valence-corrected chi connectivity index (χ2v) is 12.7. The maximum absolute atomic E-state index is 13.7. The Balaban J connectivity index is 1.29. The zero-order valence-electron chi connectivity index (χ0n) is 26.1. The van der Waals surface area contributed by atoms with E-state index < -0.39 is 0 Å². The summed E-state index contributed by atoms with van der Waals surface area (Å²) in [7, 11) is 3.70. The van der Waals surface area contributed by atoms with Crippen LogP contribution in [0.4, 0.5) is 0 Å². The largest absolute Gasteiger partial charge is 0.494 e. The van der Waals surface area contributed by atoms with Crippen molar-refractivity contribution in [2.45, 2.75) is 45.7 Å². The Morgan fingerprint density at radius 2 is 1.84 bits per heavy atom. The lowest BCUT2D eigenvalue weighted by Gasteiger charge is -2.56. The number of carbonyl (C=O) groups excluding carboxylic acids is 1. The first-order valence-corrected chi connectivity index (χ1v) is 15.8. The van der Waals surface area contributed by atoms with Crippen LogP contribution in [0.3, 0.4) is 0 Å². The van der Waals surface area contributed by atoms with Crippen LogP contribution in [0.5, 0.6) is 5.75 Å². The van der Waals surface area contributed by atoms with Crippen molar-refractivity contribution in [3.8, 4) is 17.3 Å². The number of carbonyl (C=O) groups is 1. The predicted octanol–water partition coefficient (Wildman–Crippen LogP) is 6.98. The molecule has 0 radical (unpaired) electrons. The van der Waals surface area contributed by atoms with Crippen LogP contribution < -0.4 is 10.5 Å². The zero-order chi connectivity index (χ0) is 30.6. The number of nitrogens with zero attached hydrogens (tertiary/aromatic N) is 4. The van der Waals surface area contributed by atoms with E-state index in [0.717, 1.165) is 35.5 Å². The van der Waals surface area contributed by atoms with Crippen LogP contribution in [0, 0.1) is 11.3 Å². The van der Waals surface area contributed by atoms with Crippen LogP contribution in [0.2, 0.25) is 0 Å². The minimum absolute atomic E-state index is 0.00126. The van der Waals surface area contributed by atoms with Gasteiger partial charge < -0.3 is 24.5 Å². The van der Waals surface area contributed by atoms with E-state index >= 15 is 0 Å². The summed E-state index contributed by atoms with van der Waals surface area (Å²) in [5, 5.41) is 1.19. The lowest BCUT2D eigenvalue weighted by molar-refractivity contribution is -0.0403. The average Bonchev–Trinajstić information content (AvgIpc) is 3.73. The van der Waals surface area contributed by atoms with E-state index in [2.05, 4.69) is 83.7 Å². The van der Waals surface area contributed by atoms with Crippen LogP contribution in [0.15, 0.2) is 66.7 Å². The summed E-state index contributed by atoms with van der Waals surface area (Å²) in [5.74, 6) is 2.20. The van der Waals surface area contributed by atoms with Gasteiger partial charge in [0.25, 0.3) is 5.91 Å². The van der Waals surface area contributed by atoms with Crippen molar-refractivity contribution in [2.75, 3.05) is 20.2 Å². The third kappa shape index (κ3) is 4.70. The van der Waals surface area contributed by atoms with E-state index in [4.69, 9.17) is 15.5 Å². The van der Waals surface area contributed by atoms with Crippen molar-refractivity contribution in [1.29, 1.82) is 0 Å². The van der Waals surface area contributed by atoms with E-state index in [-0.39, 0.29) is 17.4 Å². The summed E-state index contributed by atoms with van der Waals surface area (Å²) in [6.07, 6.45) is 7.81. The highest BCUT2D eigenvalue weighted by Crippen LogP contribution is 2.42. The first-order chi connectivity index (χ1) is 21.4. The first kappa shape index (κ1) is 28.4. The Hall–Kier alpha value is -4.36. The van der Waals surface area contributed by atoms with Gasteiger partial charge in [0.1, 0.15) is 11.3 Å². The van der Waals surface area contributed by atoms with Gasteiger partial charge in [0.15, 0.2) is 5.82 Å². The molecule has 1 saturated heterocycles. The van der Waals surface area contributed by atoms with Crippen LogP contribution in [0.1, 0.15) is 54.6 Å². The van der Waals surface area contributed by atoms with Crippen molar-refractivity contribution in [1.82, 2.24) is 19.0 Å². The molecule has 7 rings (SSSR count). The lowest BCUT2D eigenvalue weighted by atomic mass is 9.70. The molecule has 7 heteroatoms. The number of nitrogens with two attached hydrogens (primary N) is 1. The minimum atomic E-state index is -0.00577. The number of likely N-dealkylation sites (tertiary alicyclic amines) is 1. The normalized spacial score (nSPS) is 20.1. The van der Waals surface area contributed by atoms with Crippen molar-refractivity contribution >= 4 is 40.0 Å². The number of amides is 1. The number of aromatic nitrogens is 3. The van der Waals surface area contributed by atoms with E-state index in [0.29, 0.717) is 30.3 Å². The Morgan fingerprint density at radius 1 is 1.07 bits per heavy atom. The summed E-state index contributed by atoms with van der Waals surface area (Å²) in [4.78, 5) is 20.8. The Kier molecular flexibility index (Phi) is 7.08. The molecule has 1 saturated carbocycles. The third-order valence-corrected chi connectivity index (χ3v) is 10.2. The number of ether oxygens (including phenoxy) is 1. The Morgan fingerprint density at radius 3 is 2.52 bits per heavy atom. The average molecular weight is 588 g/mol. The van der Waals surface area contributed by atoms with Gasteiger partial charge in [-0.15, -0.1) is 0 Å². The van der Waals surface area contributed by atoms with E-state index in [1.165, 1.54) is 34.9 Å². The van der Waals surface area contributed by atoms with E-state index in [1.807, 2.05) is 30.1 Å². The molecule has 3 aromatic carbocycles. The fourth-order valence-electron chi connectivity index (χ4n) is 6.92. The smallest absolute Gasteiger partial charge is 0.254 e. The van der Waals surface area contributed by atoms with E-state index in [9.17, 15) is 4.79 Å². The van der Waals surface area contributed by atoms with Gasteiger partial charge in [-0.05, 0) is 67.5 Å². The maximum Gasteiger partial charge on any atom is 0.254 e. The molecule has 2 atom stereocenters. The van der Waals surface area contributed by atoms with Gasteiger partial charge in [-0.3, -0.25) is 4.79 Å². The first-order valence-electron chi connectivity index (χ1n) is 15.8. The molecule has 2 fully saturated rings. The molecule has 2 aliphatic rings. The van der Waals surface area contributed by atoms with Gasteiger partial charge in [-0.1, -0.05) is 61.5 Å². The second-order valence-electron chi connectivity index (χ2n) is 12.7. The number of hydrogen-bond donors (Lipinski definition) is 1. The summed E-state index contributed by atoms with van der Waals surface area (Å²) in [5.41, 5.74) is 13.0. The topological polar surface area (TPSA) is 78.3 Å². The molecule has 7 nitrogen and oxygen atoms in total. The highest BCUT2D eigenvalue weighted by atomic mass is 16.5. The molecular formula is C37H41N5O2. The molecular weight excluding hydrogens is 546 g/mol. The Labute approximate surface area is 258 Å². The van der Waals surface area contributed by atoms with Crippen LogP contribution in [-0.2, 0) is 13.6 Å². The predicted molar refractivity (Wildman–Crippen MR) is 179 cm³/mol. The molecule has 2 N–H and O–H groups in total. The van der Waals surface area contributed by atoms with Gasteiger partial charge >= 0.3 is 0 Å². The molecule has 1 aliphatic carbocycles. The molecule has 2 aromatic heterocycles. The quantitative estimate of drug-likeness (QED) is 0.189. The monoisotopic (exact) mass is 587 g/mol. The minimum Gasteiger partial charge on any atom is -0.494 e. The Bertz CT molecular complexity index is 1890. The van der Waals surface area contributed by atoms with Crippen molar-refractivity contribution in [3.63, 3.8) is 0 Å². The van der Waals surface area contributed by atoms with Crippen molar-refractivity contribution < 1.29 is 9.53 Å². The highest BCUT2D eigenvalue weighted by Gasteiger charge is 2.50. The number of benzene rings is 3. The third-order valence-electron chi connectivity index (χ3n) is 10.2. The molecule has 0 spiro atoms. The van der Waals surface area contributed by atoms with Crippen molar-refractivity contribution in [2.24, 2.45) is 24.1 Å². The zero-order valence-corrected chi connectivity index (χ0v) is 26.1. The van der Waals surface area contributed by atoms with Gasteiger partial charge in [-0.2, -0.15) is 0 Å². The SMILES string of the molecule is CC[C@@]1(CN)CN(C(=O)c2cc(OC)c3c(c2)nc(-c2cc4ccc(/C=C/c5ccccc5)cc4n2CC2CC2)n3C)C1C. The van der Waals surface area contributed by atoms with Gasteiger partial charge in [-0.25, -0.2) is 4.98 Å². The molecule has 226 valence electrons. The summed E-state index contributed by atoms with van der Waals surface area (Å²) >= 11 is 0. The van der Waals surface area contributed by atoms with Crippen LogP contribution >= 0.6 is 0 Å². The number of hydrogen-bond acceptors (Lipinski definition) is 4. The molecule has 44 heavy (non-hydrogen) atoms. The summed E-state index contributed by atoms with van der Waals surface area (Å²) in [6, 6.07) is 23.2. The van der Waals surface area contributed by atoms with Gasteiger partial charge in [0.05, 0.1) is 18.3 Å². The van der Waals surface area contributed by atoms with Crippen LogP contribution in [-0.4, -0.2) is 51.2 Å². The molecule has 3 heterocycles. The molecule has 0 bridgehead atoms. The molecule has 1 unspecified atom stereocenters. The molecule has 1 aliphatic heterocycles. The second kappa shape index (κ2) is 11.0. The number of aryl methyl sites for hydroxylation is 1. The maximum atomic E-state index is 13.7. The van der Waals surface area contributed by atoms with E-state index in [1.54, 1.807) is 7.11 Å². The van der Waals surface area contributed by atoms with Crippen LogP contribution in [0.25, 0.3) is 45.6 Å². The number of fused-ring (bicyclic) bond motifs is 2. The number of rotatable bonds is 9. The highest BCUT2D eigenvalue weighted by molar-refractivity contribution is 6.01. The molecule has 1 amide bonds. The van der Waals surface area contributed by atoms with Gasteiger partial charge in [0, 0.05) is 54.6 Å². The van der Waals surface area contributed by atoms with Gasteiger partial charge in [0.2, 0.25) is 0 Å². The fourth-order valence-corrected chi connectivity index (χ4v) is 6.92. The number of methoxy groups -OCH3 is 1. The number of imidazole rings is 1. The fraction of sp³-hybridized carbons (Fsp3) is 0.351. The lowest BCUT2D eigenvalue weighted by Crippen LogP contribution is -2.67. The summed E-state index contributed by atoms with van der Waals surface area (Å²) in [6.45, 7) is 6.48.